The molecule has 2 aromatic rings. The van der Waals surface area contributed by atoms with Crippen molar-refractivity contribution in [2.24, 2.45) is 0 Å². The quantitative estimate of drug-likeness (QED) is 0.759. The Labute approximate surface area is 125 Å². The fourth-order valence-corrected chi connectivity index (χ4v) is 2.31. The first kappa shape index (κ1) is 14.6. The minimum absolute atomic E-state index is 0.0211. The third kappa shape index (κ3) is 3.20. The number of benzene rings is 2. The minimum Gasteiger partial charge on any atom is -0.372 e. The Balaban J connectivity index is 2.21. The van der Waals surface area contributed by atoms with E-state index in [2.05, 4.69) is 18.7 Å². The van der Waals surface area contributed by atoms with E-state index in [4.69, 9.17) is 11.6 Å². The molecule has 0 N–H and O–H groups in total. The lowest BCUT2D eigenvalue weighted by atomic mass is 10.0. The van der Waals surface area contributed by atoms with Gasteiger partial charge in [-0.05, 0) is 62.4 Å². The molecule has 3 heteroatoms. The molecule has 0 atom stereocenters. The van der Waals surface area contributed by atoms with Crippen LogP contribution in [-0.2, 0) is 0 Å². The molecule has 0 heterocycles. The Morgan fingerprint density at radius 3 is 1.80 bits per heavy atom. The van der Waals surface area contributed by atoms with E-state index in [1.807, 2.05) is 24.3 Å². The van der Waals surface area contributed by atoms with Gasteiger partial charge in [0.2, 0.25) is 0 Å². The zero-order valence-corrected chi connectivity index (χ0v) is 12.5. The van der Waals surface area contributed by atoms with E-state index in [-0.39, 0.29) is 5.78 Å². The second-order valence-electron chi connectivity index (χ2n) is 4.56. The number of nitrogens with zero attached hydrogens (tertiary/aromatic N) is 1. The number of carbonyl (C=O) groups excluding carboxylic acids is 1. The SMILES string of the molecule is CCN(CC)c1ccc(C(=O)c2ccc(Cl)cc2)cc1. The van der Waals surface area contributed by atoms with E-state index in [1.54, 1.807) is 24.3 Å². The Hall–Kier alpha value is -1.80. The Morgan fingerprint density at radius 1 is 0.900 bits per heavy atom. The molecule has 2 nitrogen and oxygen atoms in total. The van der Waals surface area contributed by atoms with Gasteiger partial charge in [0, 0.05) is 34.9 Å². The van der Waals surface area contributed by atoms with Crippen LogP contribution < -0.4 is 4.90 Å². The molecule has 0 spiro atoms. The molecular formula is C17H18ClNO. The summed E-state index contributed by atoms with van der Waals surface area (Å²) in [6, 6.07) is 14.7. The van der Waals surface area contributed by atoms with Gasteiger partial charge < -0.3 is 4.90 Å². The van der Waals surface area contributed by atoms with Crippen molar-refractivity contribution in [3.63, 3.8) is 0 Å². The normalized spacial score (nSPS) is 10.3. The summed E-state index contributed by atoms with van der Waals surface area (Å²) in [5.41, 5.74) is 2.50. The van der Waals surface area contributed by atoms with Gasteiger partial charge >= 0.3 is 0 Å². The number of halogens is 1. The molecule has 0 amide bonds. The molecule has 2 aromatic carbocycles. The molecule has 0 fully saturated rings. The molecule has 0 saturated heterocycles. The summed E-state index contributed by atoms with van der Waals surface area (Å²) in [5.74, 6) is 0.0211. The van der Waals surface area contributed by atoms with E-state index >= 15 is 0 Å². The average Bonchev–Trinajstić information content (AvgIpc) is 2.49. The largest absolute Gasteiger partial charge is 0.372 e. The van der Waals surface area contributed by atoms with Gasteiger partial charge in [-0.2, -0.15) is 0 Å². The van der Waals surface area contributed by atoms with E-state index in [0.717, 1.165) is 18.8 Å². The number of hydrogen-bond donors (Lipinski definition) is 0. The molecule has 0 aliphatic rings. The Morgan fingerprint density at radius 2 is 1.35 bits per heavy atom. The predicted octanol–water partition coefficient (Wildman–Crippen LogP) is 4.42. The van der Waals surface area contributed by atoms with Crippen LogP contribution in [0.25, 0.3) is 0 Å². The first-order valence-electron chi connectivity index (χ1n) is 6.81. The van der Waals surface area contributed by atoms with Crippen molar-refractivity contribution in [3.05, 3.63) is 64.7 Å². The van der Waals surface area contributed by atoms with Crippen LogP contribution in [0.4, 0.5) is 5.69 Å². The van der Waals surface area contributed by atoms with Crippen molar-refractivity contribution in [1.29, 1.82) is 0 Å². The Kier molecular flexibility index (Phi) is 4.80. The Bertz CT molecular complexity index is 571. The molecule has 2 rings (SSSR count). The van der Waals surface area contributed by atoms with E-state index in [9.17, 15) is 4.79 Å². The van der Waals surface area contributed by atoms with Gasteiger partial charge in [-0.3, -0.25) is 4.79 Å². The number of rotatable bonds is 5. The monoisotopic (exact) mass is 287 g/mol. The molecule has 0 radical (unpaired) electrons. The van der Waals surface area contributed by atoms with E-state index in [0.29, 0.717) is 16.1 Å². The maximum Gasteiger partial charge on any atom is 0.193 e. The summed E-state index contributed by atoms with van der Waals surface area (Å²) >= 11 is 5.83. The minimum atomic E-state index is 0.0211. The molecule has 0 saturated carbocycles. The summed E-state index contributed by atoms with van der Waals surface area (Å²) < 4.78 is 0. The zero-order valence-electron chi connectivity index (χ0n) is 11.8. The number of hydrogen-bond acceptors (Lipinski definition) is 2. The number of carbonyl (C=O) groups is 1. The van der Waals surface area contributed by atoms with Crippen LogP contribution in [0.5, 0.6) is 0 Å². The van der Waals surface area contributed by atoms with Crippen molar-refractivity contribution in [1.82, 2.24) is 0 Å². The van der Waals surface area contributed by atoms with Gasteiger partial charge in [0.15, 0.2) is 5.78 Å². The summed E-state index contributed by atoms with van der Waals surface area (Å²) in [6.07, 6.45) is 0. The van der Waals surface area contributed by atoms with Crippen molar-refractivity contribution in [3.8, 4) is 0 Å². The van der Waals surface area contributed by atoms with Crippen LogP contribution in [0, 0.1) is 0 Å². The number of ketones is 1. The van der Waals surface area contributed by atoms with Crippen molar-refractivity contribution in [2.45, 2.75) is 13.8 Å². The fourth-order valence-electron chi connectivity index (χ4n) is 2.18. The van der Waals surface area contributed by atoms with Gasteiger partial charge in [0.25, 0.3) is 0 Å². The molecule has 104 valence electrons. The highest BCUT2D eigenvalue weighted by atomic mass is 35.5. The van der Waals surface area contributed by atoms with Gasteiger partial charge in [-0.15, -0.1) is 0 Å². The molecular weight excluding hydrogens is 270 g/mol. The lowest BCUT2D eigenvalue weighted by Gasteiger charge is -2.21. The van der Waals surface area contributed by atoms with Crippen LogP contribution >= 0.6 is 11.6 Å². The standard InChI is InChI=1S/C17H18ClNO/c1-3-19(4-2)16-11-7-14(8-12-16)17(20)13-5-9-15(18)10-6-13/h5-12H,3-4H2,1-2H3. The topological polar surface area (TPSA) is 20.3 Å². The number of anilines is 1. The van der Waals surface area contributed by atoms with Crippen molar-refractivity contribution < 1.29 is 4.79 Å². The van der Waals surface area contributed by atoms with Crippen LogP contribution in [-0.4, -0.2) is 18.9 Å². The molecule has 0 aliphatic heterocycles. The molecule has 0 unspecified atom stereocenters. The highest BCUT2D eigenvalue weighted by Crippen LogP contribution is 2.18. The average molecular weight is 288 g/mol. The van der Waals surface area contributed by atoms with Crippen LogP contribution in [0.2, 0.25) is 5.02 Å². The summed E-state index contributed by atoms with van der Waals surface area (Å²) in [6.45, 7) is 6.16. The molecule has 0 aromatic heterocycles. The highest BCUT2D eigenvalue weighted by Gasteiger charge is 2.09. The maximum absolute atomic E-state index is 12.3. The van der Waals surface area contributed by atoms with E-state index in [1.165, 1.54) is 0 Å². The maximum atomic E-state index is 12.3. The van der Waals surface area contributed by atoms with Crippen LogP contribution in [0.15, 0.2) is 48.5 Å². The summed E-state index contributed by atoms with van der Waals surface area (Å²) in [5, 5.41) is 0.637. The predicted molar refractivity (Wildman–Crippen MR) is 84.9 cm³/mol. The van der Waals surface area contributed by atoms with Crippen LogP contribution in [0.3, 0.4) is 0 Å². The molecule has 0 bridgehead atoms. The van der Waals surface area contributed by atoms with E-state index < -0.39 is 0 Å². The van der Waals surface area contributed by atoms with Crippen LogP contribution in [0.1, 0.15) is 29.8 Å². The van der Waals surface area contributed by atoms with Gasteiger partial charge in [0.05, 0.1) is 0 Å². The van der Waals surface area contributed by atoms with Gasteiger partial charge in [-0.25, -0.2) is 0 Å². The molecule has 0 aliphatic carbocycles. The van der Waals surface area contributed by atoms with Crippen molar-refractivity contribution in [2.75, 3.05) is 18.0 Å². The zero-order chi connectivity index (χ0) is 14.5. The fraction of sp³-hybridized carbons (Fsp3) is 0.235. The lowest BCUT2D eigenvalue weighted by Crippen LogP contribution is -2.21. The molecule has 20 heavy (non-hydrogen) atoms. The second kappa shape index (κ2) is 6.58. The van der Waals surface area contributed by atoms with Gasteiger partial charge in [0.1, 0.15) is 0 Å². The van der Waals surface area contributed by atoms with Crippen molar-refractivity contribution >= 4 is 23.1 Å². The highest BCUT2D eigenvalue weighted by molar-refractivity contribution is 6.30. The smallest absolute Gasteiger partial charge is 0.193 e. The third-order valence-electron chi connectivity index (χ3n) is 3.36. The summed E-state index contributed by atoms with van der Waals surface area (Å²) in [4.78, 5) is 14.6. The summed E-state index contributed by atoms with van der Waals surface area (Å²) in [7, 11) is 0. The van der Waals surface area contributed by atoms with Gasteiger partial charge in [-0.1, -0.05) is 11.6 Å². The second-order valence-corrected chi connectivity index (χ2v) is 4.99. The first-order valence-corrected chi connectivity index (χ1v) is 7.18. The first-order chi connectivity index (χ1) is 9.65. The third-order valence-corrected chi connectivity index (χ3v) is 3.62. The lowest BCUT2D eigenvalue weighted by molar-refractivity contribution is 0.103.